The summed E-state index contributed by atoms with van der Waals surface area (Å²) in [5.74, 6) is 3.72. The molecule has 3 saturated carbocycles. The molecule has 3 aromatic heterocycles. The molecule has 4 heterocycles. The van der Waals surface area contributed by atoms with Crippen LogP contribution < -0.4 is 10.6 Å². The van der Waals surface area contributed by atoms with Crippen molar-refractivity contribution in [2.45, 2.75) is 105 Å². The van der Waals surface area contributed by atoms with Gasteiger partial charge in [0.25, 0.3) is 0 Å². The Hall–Kier alpha value is -3.67. The van der Waals surface area contributed by atoms with E-state index in [4.69, 9.17) is 4.74 Å². The molecule has 12 nitrogen and oxygen atoms in total. The molecule has 4 aliphatic rings. The maximum absolute atomic E-state index is 10.4. The van der Waals surface area contributed by atoms with Gasteiger partial charge in [0.05, 0.1) is 5.69 Å². The summed E-state index contributed by atoms with van der Waals surface area (Å²) < 4.78 is 7.08. The second-order valence-electron chi connectivity index (χ2n) is 12.7. The molecule has 250 valence electrons. The predicted octanol–water partition coefficient (Wildman–Crippen LogP) is 5.40. The van der Waals surface area contributed by atoms with Crippen LogP contribution in [0.25, 0.3) is 0 Å². The number of urea groups is 1. The Morgan fingerprint density at radius 3 is 2.07 bits per heavy atom. The molecular weight excluding hydrogens is 570 g/mol. The largest absolute Gasteiger partial charge is 0.385 e. The van der Waals surface area contributed by atoms with Gasteiger partial charge in [0.2, 0.25) is 5.91 Å². The standard InChI is InChI=1S/C12H22.C8H13NO.C6H8N2.C4H6N2O2.C3H6N4/c1-12(2,3)11-8-9-4-6-10(11)7-5-9;1-10-8-4-7-9-5-2-3-6-9;1-2-6-5-7-3-4-8-6;1-2-3(7)6-4(8)5-2;1-2-3-4-6-7-5-3/h9-11H,4-8H2,1-3H3;2-3,5-6H,4,7-8H2,1H3;3-5H,2H2,1H3;2H,1H3,(H2,5,6,7,8);2H2,1H3,(H,4,5,6,7). The van der Waals surface area contributed by atoms with Crippen molar-refractivity contribution < 1.29 is 14.3 Å². The van der Waals surface area contributed by atoms with Gasteiger partial charge in [-0.3, -0.25) is 20.1 Å². The van der Waals surface area contributed by atoms with Crippen LogP contribution in [-0.4, -0.2) is 66.9 Å². The lowest BCUT2D eigenvalue weighted by Crippen LogP contribution is -2.38. The SMILES string of the molecule is CC(C)(C)C1CC2CCC1CC2.CC1NC(=O)NC1=O.CCc1cnccn1.CCc1nn[nH]n1.COCCCn1cccc1. The summed E-state index contributed by atoms with van der Waals surface area (Å²) in [6.07, 6.45) is 19.9. The number of fused-ring (bicyclic) bond motifs is 3. The highest BCUT2D eigenvalue weighted by Gasteiger charge is 2.40. The summed E-state index contributed by atoms with van der Waals surface area (Å²) in [4.78, 5) is 28.5. The van der Waals surface area contributed by atoms with Gasteiger partial charge in [0.15, 0.2) is 5.82 Å². The van der Waals surface area contributed by atoms with E-state index < -0.39 is 6.03 Å². The van der Waals surface area contributed by atoms with E-state index in [1.807, 2.05) is 19.1 Å². The zero-order valence-corrected chi connectivity index (χ0v) is 28.3. The van der Waals surface area contributed by atoms with Gasteiger partial charge < -0.3 is 14.6 Å². The van der Waals surface area contributed by atoms with E-state index in [0.717, 1.165) is 61.7 Å². The average molecular weight is 626 g/mol. The minimum absolute atomic E-state index is 0.255. The topological polar surface area (TPSA) is 153 Å². The summed E-state index contributed by atoms with van der Waals surface area (Å²) >= 11 is 0. The van der Waals surface area contributed by atoms with Crippen LogP contribution in [0.3, 0.4) is 0 Å². The van der Waals surface area contributed by atoms with Crippen LogP contribution in [-0.2, 0) is 28.9 Å². The summed E-state index contributed by atoms with van der Waals surface area (Å²) in [6.45, 7) is 14.9. The second-order valence-corrected chi connectivity index (χ2v) is 12.7. The van der Waals surface area contributed by atoms with Gasteiger partial charge in [-0.2, -0.15) is 5.21 Å². The third-order valence-corrected chi connectivity index (χ3v) is 8.25. The van der Waals surface area contributed by atoms with E-state index >= 15 is 0 Å². The molecule has 2 bridgehead atoms. The van der Waals surface area contributed by atoms with Crippen molar-refractivity contribution in [3.8, 4) is 0 Å². The van der Waals surface area contributed by atoms with Crippen molar-refractivity contribution in [2.75, 3.05) is 13.7 Å². The summed E-state index contributed by atoms with van der Waals surface area (Å²) in [5.41, 5.74) is 1.62. The third-order valence-electron chi connectivity index (χ3n) is 8.25. The zero-order chi connectivity index (χ0) is 33.1. The first kappa shape index (κ1) is 37.5. The van der Waals surface area contributed by atoms with Crippen LogP contribution in [0.5, 0.6) is 0 Å². The summed E-state index contributed by atoms with van der Waals surface area (Å²) in [5, 5.41) is 17.5. The van der Waals surface area contributed by atoms with E-state index in [9.17, 15) is 9.59 Å². The number of amides is 3. The first-order chi connectivity index (χ1) is 21.6. The number of tetrazole rings is 1. The quantitative estimate of drug-likeness (QED) is 0.243. The molecule has 1 saturated heterocycles. The lowest BCUT2D eigenvalue weighted by Gasteiger charge is -2.48. The number of aromatic nitrogens is 7. The average Bonchev–Trinajstić information content (AvgIpc) is 3.83. The Morgan fingerprint density at radius 1 is 1.02 bits per heavy atom. The first-order valence-corrected chi connectivity index (χ1v) is 16.2. The molecule has 2 atom stereocenters. The Bertz CT molecular complexity index is 1170. The molecule has 0 aromatic carbocycles. The van der Waals surface area contributed by atoms with Gasteiger partial charge in [0, 0.05) is 57.7 Å². The Kier molecular flexibility index (Phi) is 17.0. The van der Waals surface area contributed by atoms with Crippen molar-refractivity contribution in [1.29, 1.82) is 0 Å². The minimum Gasteiger partial charge on any atom is -0.385 e. The lowest BCUT2D eigenvalue weighted by molar-refractivity contribution is -0.119. The number of imide groups is 1. The highest BCUT2D eigenvalue weighted by atomic mass is 16.5. The second kappa shape index (κ2) is 20.4. The number of hydrogen-bond donors (Lipinski definition) is 3. The monoisotopic (exact) mass is 625 g/mol. The van der Waals surface area contributed by atoms with Gasteiger partial charge in [-0.1, -0.05) is 52.7 Å². The van der Waals surface area contributed by atoms with Crippen molar-refractivity contribution >= 4 is 11.9 Å². The number of hydrogen-bond acceptors (Lipinski definition) is 8. The Labute approximate surface area is 268 Å². The molecule has 4 fully saturated rings. The Balaban J connectivity index is 0.000000199. The van der Waals surface area contributed by atoms with Gasteiger partial charge in [-0.15, -0.1) is 10.2 Å². The number of nitrogens with zero attached hydrogens (tertiary/aromatic N) is 6. The summed E-state index contributed by atoms with van der Waals surface area (Å²) in [7, 11) is 1.73. The van der Waals surface area contributed by atoms with Crippen molar-refractivity contribution in [2.24, 2.45) is 23.2 Å². The molecule has 45 heavy (non-hydrogen) atoms. The normalized spacial score (nSPS) is 21.3. The molecule has 3 N–H and O–H groups in total. The van der Waals surface area contributed by atoms with Crippen molar-refractivity contribution in [3.63, 3.8) is 0 Å². The van der Waals surface area contributed by atoms with Crippen molar-refractivity contribution in [3.05, 3.63) is 54.6 Å². The van der Waals surface area contributed by atoms with Gasteiger partial charge in [0.1, 0.15) is 6.04 Å². The summed E-state index contributed by atoms with van der Waals surface area (Å²) in [6, 6.07) is 3.31. The highest BCUT2D eigenvalue weighted by Crippen LogP contribution is 2.51. The molecule has 1 aliphatic heterocycles. The van der Waals surface area contributed by atoms with Crippen molar-refractivity contribution in [1.82, 2.24) is 45.8 Å². The predicted molar refractivity (Wildman–Crippen MR) is 175 cm³/mol. The highest BCUT2D eigenvalue weighted by molar-refractivity contribution is 6.03. The third kappa shape index (κ3) is 14.8. The van der Waals surface area contributed by atoms with E-state index in [1.54, 1.807) is 32.6 Å². The molecule has 0 spiro atoms. The van der Waals surface area contributed by atoms with Gasteiger partial charge in [-0.05, 0) is 74.3 Å². The Morgan fingerprint density at radius 2 is 1.73 bits per heavy atom. The number of carbonyl (C=O) groups is 2. The fourth-order valence-corrected chi connectivity index (χ4v) is 5.71. The van der Waals surface area contributed by atoms with Crippen LogP contribution in [0.2, 0.25) is 0 Å². The zero-order valence-electron chi connectivity index (χ0n) is 28.3. The smallest absolute Gasteiger partial charge is 0.322 e. The number of nitrogens with one attached hydrogen (secondary N) is 3. The van der Waals surface area contributed by atoms with Crippen LogP contribution >= 0.6 is 0 Å². The lowest BCUT2D eigenvalue weighted by atomic mass is 9.57. The van der Waals surface area contributed by atoms with E-state index in [-0.39, 0.29) is 11.9 Å². The number of carbonyl (C=O) groups excluding carboxylic acids is 2. The van der Waals surface area contributed by atoms with Crippen LogP contribution in [0.4, 0.5) is 4.79 Å². The van der Waals surface area contributed by atoms with E-state index in [1.165, 1.54) is 32.1 Å². The number of rotatable bonds is 6. The molecule has 2 unspecified atom stereocenters. The van der Waals surface area contributed by atoms with Crippen LogP contribution in [0, 0.1) is 23.2 Å². The maximum Gasteiger partial charge on any atom is 0.322 e. The number of aryl methyl sites for hydroxylation is 3. The number of methoxy groups -OCH3 is 1. The molecule has 12 heteroatoms. The van der Waals surface area contributed by atoms with E-state index in [0.29, 0.717) is 5.41 Å². The van der Waals surface area contributed by atoms with Crippen LogP contribution in [0.15, 0.2) is 43.1 Å². The van der Waals surface area contributed by atoms with Crippen LogP contribution in [0.1, 0.15) is 91.6 Å². The molecule has 0 radical (unpaired) electrons. The maximum atomic E-state index is 10.4. The molecule has 7 rings (SSSR count). The number of ether oxygens (including phenoxy) is 1. The molecule has 3 aromatic rings. The number of H-pyrrole nitrogens is 1. The van der Waals surface area contributed by atoms with E-state index in [2.05, 4.69) is 85.9 Å². The molecule has 3 amide bonds. The molecular formula is C33H55N9O3. The number of aromatic amines is 1. The fourth-order valence-electron chi connectivity index (χ4n) is 5.71. The fraction of sp³-hybridized carbons (Fsp3) is 0.667. The van der Waals surface area contributed by atoms with Gasteiger partial charge >= 0.3 is 6.03 Å². The first-order valence-electron chi connectivity index (χ1n) is 16.2. The molecule has 3 aliphatic carbocycles. The van der Waals surface area contributed by atoms with Gasteiger partial charge in [-0.25, -0.2) is 4.79 Å². The minimum atomic E-state index is -0.400.